The fourth-order valence-electron chi connectivity index (χ4n) is 2.70. The van der Waals surface area contributed by atoms with Gasteiger partial charge in [-0.1, -0.05) is 60.1 Å². The van der Waals surface area contributed by atoms with Crippen LogP contribution in [0.1, 0.15) is 28.4 Å². The summed E-state index contributed by atoms with van der Waals surface area (Å²) < 4.78 is 0. The maximum atomic E-state index is 12.5. The molecular formula is C22H19ClN2O2. The molecular weight excluding hydrogens is 360 g/mol. The van der Waals surface area contributed by atoms with Gasteiger partial charge >= 0.3 is 0 Å². The summed E-state index contributed by atoms with van der Waals surface area (Å²) in [5.74, 6) is -0.414. The van der Waals surface area contributed by atoms with Gasteiger partial charge < -0.3 is 10.6 Å². The molecule has 0 fully saturated rings. The first-order valence-corrected chi connectivity index (χ1v) is 8.96. The average Bonchev–Trinajstić information content (AvgIpc) is 2.70. The van der Waals surface area contributed by atoms with Gasteiger partial charge in [0.05, 0.1) is 12.5 Å². The van der Waals surface area contributed by atoms with E-state index in [1.54, 1.807) is 48.5 Å². The predicted octanol–water partition coefficient (Wildman–Crippen LogP) is 4.84. The smallest absolute Gasteiger partial charge is 0.251 e. The summed E-state index contributed by atoms with van der Waals surface area (Å²) in [6.07, 6.45) is 0.116. The van der Waals surface area contributed by atoms with E-state index in [0.717, 1.165) is 5.56 Å². The van der Waals surface area contributed by atoms with Crippen LogP contribution in [0.25, 0.3) is 0 Å². The zero-order chi connectivity index (χ0) is 19.1. The molecule has 136 valence electrons. The van der Waals surface area contributed by atoms with E-state index in [0.29, 0.717) is 16.3 Å². The topological polar surface area (TPSA) is 58.2 Å². The third-order valence-electron chi connectivity index (χ3n) is 4.06. The van der Waals surface area contributed by atoms with Crippen LogP contribution in [0.15, 0.2) is 84.9 Å². The van der Waals surface area contributed by atoms with Crippen molar-refractivity contribution in [3.05, 3.63) is 101 Å². The van der Waals surface area contributed by atoms with Crippen molar-refractivity contribution in [1.29, 1.82) is 0 Å². The lowest BCUT2D eigenvalue weighted by atomic mass is 10.0. The molecule has 1 atom stereocenters. The van der Waals surface area contributed by atoms with E-state index >= 15 is 0 Å². The standard InChI is InChI=1S/C22H19ClN2O2/c23-18-11-13-19(14-12-18)24-21(26)15-20(16-7-3-1-4-8-16)25-22(27)17-9-5-2-6-10-17/h1-14,20H,15H2,(H,24,26)(H,25,27)/t20-/m1/s1. The van der Waals surface area contributed by atoms with E-state index in [1.165, 1.54) is 0 Å². The number of anilines is 1. The number of benzene rings is 3. The molecule has 0 aliphatic heterocycles. The summed E-state index contributed by atoms with van der Waals surface area (Å²) in [4.78, 5) is 25.1. The van der Waals surface area contributed by atoms with E-state index in [9.17, 15) is 9.59 Å². The molecule has 2 amide bonds. The van der Waals surface area contributed by atoms with Crippen LogP contribution in [0.3, 0.4) is 0 Å². The maximum Gasteiger partial charge on any atom is 0.251 e. The minimum atomic E-state index is -0.439. The number of carbonyl (C=O) groups is 2. The largest absolute Gasteiger partial charge is 0.345 e. The minimum absolute atomic E-state index is 0.116. The average molecular weight is 379 g/mol. The lowest BCUT2D eigenvalue weighted by molar-refractivity contribution is -0.116. The van der Waals surface area contributed by atoms with Crippen LogP contribution in [-0.2, 0) is 4.79 Å². The van der Waals surface area contributed by atoms with Gasteiger partial charge in [-0.25, -0.2) is 0 Å². The first kappa shape index (κ1) is 18.7. The third kappa shape index (κ3) is 5.43. The van der Waals surface area contributed by atoms with E-state index in [1.807, 2.05) is 36.4 Å². The van der Waals surface area contributed by atoms with Crippen molar-refractivity contribution in [3.8, 4) is 0 Å². The summed E-state index contributed by atoms with van der Waals surface area (Å²) in [7, 11) is 0. The fraction of sp³-hybridized carbons (Fsp3) is 0.0909. The number of rotatable bonds is 6. The van der Waals surface area contributed by atoms with Crippen molar-refractivity contribution in [2.24, 2.45) is 0 Å². The Hall–Kier alpha value is -3.11. The normalized spacial score (nSPS) is 11.4. The van der Waals surface area contributed by atoms with Crippen molar-refractivity contribution in [2.45, 2.75) is 12.5 Å². The van der Waals surface area contributed by atoms with Crippen LogP contribution in [0.4, 0.5) is 5.69 Å². The second-order valence-corrected chi connectivity index (χ2v) is 6.50. The first-order valence-electron chi connectivity index (χ1n) is 8.58. The number of amides is 2. The number of carbonyl (C=O) groups excluding carboxylic acids is 2. The number of halogens is 1. The fourth-order valence-corrected chi connectivity index (χ4v) is 2.83. The van der Waals surface area contributed by atoms with Gasteiger partial charge in [0.25, 0.3) is 5.91 Å². The summed E-state index contributed by atoms with van der Waals surface area (Å²) in [5.41, 5.74) is 2.08. The Bertz CT molecular complexity index is 897. The van der Waals surface area contributed by atoms with Gasteiger partial charge in [0.2, 0.25) is 5.91 Å². The molecule has 5 heteroatoms. The SMILES string of the molecule is O=C(C[C@@H](NC(=O)c1ccccc1)c1ccccc1)Nc1ccc(Cl)cc1. The number of nitrogens with one attached hydrogen (secondary N) is 2. The molecule has 0 unspecified atom stereocenters. The highest BCUT2D eigenvalue weighted by Gasteiger charge is 2.19. The summed E-state index contributed by atoms with van der Waals surface area (Å²) in [6.45, 7) is 0. The highest BCUT2D eigenvalue weighted by molar-refractivity contribution is 6.30. The van der Waals surface area contributed by atoms with Crippen LogP contribution in [0.2, 0.25) is 5.02 Å². The maximum absolute atomic E-state index is 12.5. The lowest BCUT2D eigenvalue weighted by Crippen LogP contribution is -2.31. The Kier molecular flexibility index (Phi) is 6.23. The molecule has 0 spiro atoms. The van der Waals surface area contributed by atoms with E-state index in [4.69, 9.17) is 11.6 Å². The third-order valence-corrected chi connectivity index (χ3v) is 4.31. The van der Waals surface area contributed by atoms with Gasteiger partial charge in [-0.15, -0.1) is 0 Å². The number of hydrogen-bond donors (Lipinski definition) is 2. The lowest BCUT2D eigenvalue weighted by Gasteiger charge is -2.19. The van der Waals surface area contributed by atoms with Crippen molar-refractivity contribution >= 4 is 29.1 Å². The molecule has 0 aliphatic carbocycles. The van der Waals surface area contributed by atoms with E-state index < -0.39 is 6.04 Å². The van der Waals surface area contributed by atoms with Crippen molar-refractivity contribution in [1.82, 2.24) is 5.32 Å². The monoisotopic (exact) mass is 378 g/mol. The van der Waals surface area contributed by atoms with Crippen molar-refractivity contribution < 1.29 is 9.59 Å². The molecule has 0 saturated heterocycles. The second kappa shape index (κ2) is 9.01. The first-order chi connectivity index (χ1) is 13.1. The molecule has 2 N–H and O–H groups in total. The molecule has 3 aromatic rings. The number of hydrogen-bond acceptors (Lipinski definition) is 2. The Morgan fingerprint density at radius 3 is 2.04 bits per heavy atom. The molecule has 0 radical (unpaired) electrons. The Balaban J connectivity index is 1.73. The highest BCUT2D eigenvalue weighted by Crippen LogP contribution is 2.19. The zero-order valence-corrected chi connectivity index (χ0v) is 15.3. The summed E-state index contributed by atoms with van der Waals surface area (Å²) in [5, 5.41) is 6.39. The molecule has 0 heterocycles. The molecule has 27 heavy (non-hydrogen) atoms. The molecule has 0 saturated carbocycles. The molecule has 0 aliphatic rings. The molecule has 4 nitrogen and oxygen atoms in total. The zero-order valence-electron chi connectivity index (χ0n) is 14.6. The molecule has 3 aromatic carbocycles. The van der Waals surface area contributed by atoms with Gasteiger partial charge in [-0.3, -0.25) is 9.59 Å². The van der Waals surface area contributed by atoms with Crippen molar-refractivity contribution in [3.63, 3.8) is 0 Å². The quantitative estimate of drug-likeness (QED) is 0.644. The van der Waals surface area contributed by atoms with Gasteiger partial charge in [-0.05, 0) is 42.0 Å². The highest BCUT2D eigenvalue weighted by atomic mass is 35.5. The summed E-state index contributed by atoms with van der Waals surface area (Å²) >= 11 is 5.87. The van der Waals surface area contributed by atoms with Crippen LogP contribution in [-0.4, -0.2) is 11.8 Å². The minimum Gasteiger partial charge on any atom is -0.345 e. The van der Waals surface area contributed by atoms with E-state index in [-0.39, 0.29) is 18.2 Å². The van der Waals surface area contributed by atoms with Crippen LogP contribution >= 0.6 is 11.6 Å². The summed E-state index contributed by atoms with van der Waals surface area (Å²) in [6, 6.07) is 24.9. The van der Waals surface area contributed by atoms with Crippen molar-refractivity contribution in [2.75, 3.05) is 5.32 Å². The second-order valence-electron chi connectivity index (χ2n) is 6.06. The predicted molar refractivity (Wildman–Crippen MR) is 108 cm³/mol. The van der Waals surface area contributed by atoms with Gasteiger partial charge in [-0.2, -0.15) is 0 Å². The molecule has 0 bridgehead atoms. The van der Waals surface area contributed by atoms with Gasteiger partial charge in [0, 0.05) is 16.3 Å². The Morgan fingerprint density at radius 1 is 0.815 bits per heavy atom. The molecule has 3 rings (SSSR count). The Labute approximate surface area is 163 Å². The Morgan fingerprint density at radius 2 is 1.41 bits per heavy atom. The van der Waals surface area contributed by atoms with Crippen LogP contribution < -0.4 is 10.6 Å². The van der Waals surface area contributed by atoms with Crippen LogP contribution in [0, 0.1) is 0 Å². The van der Waals surface area contributed by atoms with Gasteiger partial charge in [0.15, 0.2) is 0 Å². The van der Waals surface area contributed by atoms with Gasteiger partial charge in [0.1, 0.15) is 0 Å². The van der Waals surface area contributed by atoms with E-state index in [2.05, 4.69) is 10.6 Å². The molecule has 0 aromatic heterocycles. The van der Waals surface area contributed by atoms with Crippen LogP contribution in [0.5, 0.6) is 0 Å².